The highest BCUT2D eigenvalue weighted by atomic mass is 19.4. The number of alkyl halides is 3. The zero-order chi connectivity index (χ0) is 10.9. The molecule has 78 valence electrons. The molecule has 0 bridgehead atoms. The summed E-state index contributed by atoms with van der Waals surface area (Å²) in [6.45, 7) is 3.08. The number of hydrogen-bond donors (Lipinski definition) is 0. The van der Waals surface area contributed by atoms with Crippen molar-refractivity contribution in [3.63, 3.8) is 0 Å². The number of nitrogens with zero attached hydrogens (tertiary/aromatic N) is 2. The molecule has 14 heavy (non-hydrogen) atoms. The summed E-state index contributed by atoms with van der Waals surface area (Å²) in [5.41, 5.74) is -0.424. The van der Waals surface area contributed by atoms with Crippen LogP contribution in [-0.2, 0) is 6.30 Å². The van der Waals surface area contributed by atoms with Crippen molar-refractivity contribution in [3.05, 3.63) is 18.2 Å². The van der Waals surface area contributed by atoms with E-state index in [2.05, 4.69) is 4.98 Å². The van der Waals surface area contributed by atoms with Gasteiger partial charge in [-0.05, 0) is 0 Å². The number of rotatable bonds is 2. The van der Waals surface area contributed by atoms with Crippen LogP contribution in [0.15, 0.2) is 12.5 Å². The van der Waals surface area contributed by atoms with Crippen molar-refractivity contribution in [3.8, 4) is 0 Å². The average molecular weight is 206 g/mol. The normalized spacial score (nSPS) is 12.1. The van der Waals surface area contributed by atoms with Crippen LogP contribution >= 0.6 is 0 Å². The van der Waals surface area contributed by atoms with Crippen LogP contribution in [0.1, 0.15) is 24.3 Å². The second kappa shape index (κ2) is 3.43. The van der Waals surface area contributed by atoms with Crippen molar-refractivity contribution in [2.75, 3.05) is 0 Å². The predicted molar refractivity (Wildman–Crippen MR) is 42.7 cm³/mol. The summed E-state index contributed by atoms with van der Waals surface area (Å²) in [5, 5.41) is 0. The van der Waals surface area contributed by atoms with Gasteiger partial charge in [0.1, 0.15) is 12.0 Å². The minimum absolute atomic E-state index is 0.0741. The van der Waals surface area contributed by atoms with E-state index in [1.165, 1.54) is 13.8 Å². The molecule has 1 aromatic rings. The van der Waals surface area contributed by atoms with E-state index in [1.54, 1.807) is 0 Å². The molecule has 0 aliphatic heterocycles. The lowest BCUT2D eigenvalue weighted by Gasteiger charge is -2.11. The van der Waals surface area contributed by atoms with E-state index in [9.17, 15) is 18.0 Å². The first kappa shape index (κ1) is 10.7. The van der Waals surface area contributed by atoms with Crippen LogP contribution in [-0.4, -0.2) is 15.3 Å². The van der Waals surface area contributed by atoms with E-state index in [4.69, 9.17) is 0 Å². The first-order chi connectivity index (χ1) is 6.34. The Balaban J connectivity index is 3.12. The average Bonchev–Trinajstić information content (AvgIpc) is 2.48. The molecule has 1 aromatic heterocycles. The van der Waals surface area contributed by atoms with Crippen molar-refractivity contribution in [2.24, 2.45) is 5.92 Å². The fourth-order valence-electron chi connectivity index (χ4n) is 0.975. The molecule has 0 aromatic carbocycles. The van der Waals surface area contributed by atoms with E-state index in [0.29, 0.717) is 6.33 Å². The second-order valence-corrected chi connectivity index (χ2v) is 3.14. The third kappa shape index (κ3) is 1.94. The Bertz CT molecular complexity index is 341. The third-order valence-electron chi connectivity index (χ3n) is 1.69. The smallest absolute Gasteiger partial charge is 0.292 e. The molecule has 0 spiro atoms. The largest absolute Gasteiger partial charge is 0.490 e. The van der Waals surface area contributed by atoms with Gasteiger partial charge in [0.15, 0.2) is 5.78 Å². The quantitative estimate of drug-likeness (QED) is 0.695. The van der Waals surface area contributed by atoms with Crippen LogP contribution < -0.4 is 0 Å². The molecule has 1 rings (SSSR count). The maximum atomic E-state index is 12.3. The lowest BCUT2D eigenvalue weighted by Crippen LogP contribution is -2.22. The Kier molecular flexibility index (Phi) is 2.64. The Labute approximate surface area is 78.6 Å². The highest BCUT2D eigenvalue weighted by Crippen LogP contribution is 2.24. The maximum Gasteiger partial charge on any atom is 0.490 e. The number of carbonyl (C=O) groups excluding carboxylic acids is 1. The summed E-state index contributed by atoms with van der Waals surface area (Å²) in [5.74, 6) is -1.05. The van der Waals surface area contributed by atoms with Crippen LogP contribution in [0, 0.1) is 5.92 Å². The molecule has 0 atom stereocenters. The topological polar surface area (TPSA) is 34.9 Å². The summed E-state index contributed by atoms with van der Waals surface area (Å²) in [6.07, 6.45) is -3.07. The summed E-state index contributed by atoms with van der Waals surface area (Å²) < 4.78 is 36.8. The molecule has 0 aliphatic rings. The molecule has 0 radical (unpaired) electrons. The Morgan fingerprint density at radius 2 is 2.07 bits per heavy atom. The van der Waals surface area contributed by atoms with E-state index in [0.717, 1.165) is 6.20 Å². The number of ketones is 1. The van der Waals surface area contributed by atoms with Gasteiger partial charge in [0.05, 0.1) is 6.20 Å². The molecule has 0 amide bonds. The first-order valence-corrected chi connectivity index (χ1v) is 3.97. The highest BCUT2D eigenvalue weighted by molar-refractivity contribution is 5.95. The SMILES string of the molecule is CC(C)C(=O)c1cncn1C(F)(F)F. The molecule has 1 heterocycles. The number of hydrogen-bond acceptors (Lipinski definition) is 2. The van der Waals surface area contributed by atoms with Gasteiger partial charge in [-0.2, -0.15) is 0 Å². The van der Waals surface area contributed by atoms with Crippen LogP contribution in [0.3, 0.4) is 0 Å². The third-order valence-corrected chi connectivity index (χ3v) is 1.69. The van der Waals surface area contributed by atoms with Crippen molar-refractivity contribution >= 4 is 5.78 Å². The van der Waals surface area contributed by atoms with Crippen LogP contribution in [0.25, 0.3) is 0 Å². The lowest BCUT2D eigenvalue weighted by molar-refractivity contribution is -0.204. The molecule has 6 heteroatoms. The second-order valence-electron chi connectivity index (χ2n) is 3.14. The maximum absolute atomic E-state index is 12.3. The summed E-state index contributed by atoms with van der Waals surface area (Å²) in [4.78, 5) is 14.6. The molecular formula is C8H9F3N2O. The van der Waals surface area contributed by atoms with Gasteiger partial charge in [0.2, 0.25) is 0 Å². The Morgan fingerprint density at radius 3 is 2.50 bits per heavy atom. The zero-order valence-corrected chi connectivity index (χ0v) is 7.67. The Morgan fingerprint density at radius 1 is 1.50 bits per heavy atom. The summed E-state index contributed by atoms with van der Waals surface area (Å²) in [7, 11) is 0. The molecule has 0 unspecified atom stereocenters. The van der Waals surface area contributed by atoms with Gasteiger partial charge < -0.3 is 0 Å². The van der Waals surface area contributed by atoms with E-state index in [1.807, 2.05) is 0 Å². The molecule has 0 saturated carbocycles. The van der Waals surface area contributed by atoms with Crippen LogP contribution in [0.2, 0.25) is 0 Å². The van der Waals surface area contributed by atoms with Gasteiger partial charge in [-0.1, -0.05) is 13.8 Å². The monoisotopic (exact) mass is 206 g/mol. The highest BCUT2D eigenvalue weighted by Gasteiger charge is 2.34. The molecule has 3 nitrogen and oxygen atoms in total. The minimum Gasteiger partial charge on any atom is -0.292 e. The van der Waals surface area contributed by atoms with Gasteiger partial charge >= 0.3 is 6.30 Å². The predicted octanol–water partition coefficient (Wildman–Crippen LogP) is 2.20. The van der Waals surface area contributed by atoms with Gasteiger partial charge in [0.25, 0.3) is 0 Å². The number of halogens is 3. The van der Waals surface area contributed by atoms with Crippen molar-refractivity contribution in [2.45, 2.75) is 20.1 Å². The first-order valence-electron chi connectivity index (χ1n) is 3.97. The zero-order valence-electron chi connectivity index (χ0n) is 7.67. The number of aromatic nitrogens is 2. The van der Waals surface area contributed by atoms with Crippen molar-refractivity contribution < 1.29 is 18.0 Å². The van der Waals surface area contributed by atoms with Gasteiger partial charge in [-0.3, -0.25) is 4.79 Å². The number of carbonyl (C=O) groups is 1. The minimum atomic E-state index is -4.59. The number of imidazole rings is 1. The fourth-order valence-corrected chi connectivity index (χ4v) is 0.975. The fraction of sp³-hybridized carbons (Fsp3) is 0.500. The molecule has 0 N–H and O–H groups in total. The standard InChI is InChI=1S/C8H9F3N2O/c1-5(2)7(14)6-3-12-4-13(6)8(9,10)11/h3-5H,1-2H3. The molecule has 0 saturated heterocycles. The Hall–Kier alpha value is -1.33. The summed E-state index contributed by atoms with van der Waals surface area (Å²) in [6, 6.07) is 0. The molecule has 0 aliphatic carbocycles. The number of Topliss-reactive ketones (excluding diaryl/α,β-unsaturated/α-hetero) is 1. The van der Waals surface area contributed by atoms with Crippen LogP contribution in [0.4, 0.5) is 13.2 Å². The van der Waals surface area contributed by atoms with E-state index in [-0.39, 0.29) is 4.57 Å². The van der Waals surface area contributed by atoms with Crippen molar-refractivity contribution in [1.29, 1.82) is 0 Å². The van der Waals surface area contributed by atoms with E-state index < -0.39 is 23.7 Å². The van der Waals surface area contributed by atoms with Gasteiger partial charge in [-0.25, -0.2) is 9.55 Å². The molecule has 0 fully saturated rings. The lowest BCUT2D eigenvalue weighted by atomic mass is 10.1. The van der Waals surface area contributed by atoms with Crippen LogP contribution in [0.5, 0.6) is 0 Å². The van der Waals surface area contributed by atoms with Crippen molar-refractivity contribution in [1.82, 2.24) is 9.55 Å². The van der Waals surface area contributed by atoms with E-state index >= 15 is 0 Å². The van der Waals surface area contributed by atoms with Gasteiger partial charge in [-0.15, -0.1) is 13.2 Å². The molecular weight excluding hydrogens is 197 g/mol. The summed E-state index contributed by atoms with van der Waals surface area (Å²) >= 11 is 0. The van der Waals surface area contributed by atoms with Gasteiger partial charge in [0, 0.05) is 5.92 Å².